The molecule has 0 radical (unpaired) electrons. The number of rotatable bonds is 54. The Morgan fingerprint density at radius 1 is 0.625 bits per heavy atom. The summed E-state index contributed by atoms with van der Waals surface area (Å²) in [5, 5.41) is 38.7. The van der Waals surface area contributed by atoms with Gasteiger partial charge in [0.25, 0.3) is 5.56 Å². The van der Waals surface area contributed by atoms with E-state index < -0.39 is 101 Å². The summed E-state index contributed by atoms with van der Waals surface area (Å²) in [7, 11) is 0. The average Bonchev–Trinajstić information content (AvgIpc) is 1.50. The van der Waals surface area contributed by atoms with E-state index in [1.807, 2.05) is 31.2 Å². The minimum Gasteiger partial charge on any atom is -0.481 e. The summed E-state index contributed by atoms with van der Waals surface area (Å²) in [5.41, 5.74) is 0.884. The number of aromatic nitrogens is 2. The van der Waals surface area contributed by atoms with Crippen LogP contribution in [0.15, 0.2) is 35.1 Å². The van der Waals surface area contributed by atoms with Gasteiger partial charge in [-0.3, -0.25) is 47.9 Å². The van der Waals surface area contributed by atoms with Gasteiger partial charge < -0.3 is 99.5 Å². The van der Waals surface area contributed by atoms with Crippen LogP contribution in [-0.2, 0) is 121 Å². The van der Waals surface area contributed by atoms with Gasteiger partial charge in [-0.15, -0.1) is 0 Å². The number of aryl methyl sites for hydroxylation is 1. The minimum absolute atomic E-state index is 0.00934. The van der Waals surface area contributed by atoms with Crippen LogP contribution in [0.2, 0.25) is 0 Å². The molecule has 0 unspecified atom stereocenters. The molecule has 3 aliphatic rings. The molecule has 34 heteroatoms. The van der Waals surface area contributed by atoms with Crippen molar-refractivity contribution in [3.8, 4) is 11.4 Å². The fourth-order valence-corrected chi connectivity index (χ4v) is 13.1. The van der Waals surface area contributed by atoms with Crippen molar-refractivity contribution in [2.75, 3.05) is 112 Å². The molecule has 1 saturated heterocycles. The van der Waals surface area contributed by atoms with Crippen LogP contribution in [0.25, 0.3) is 22.3 Å². The number of cyclic esters (lactones) is 1. The number of benzene rings is 1. The van der Waals surface area contributed by atoms with Gasteiger partial charge in [0.15, 0.2) is 0 Å². The van der Waals surface area contributed by atoms with E-state index in [4.69, 9.17) is 52.7 Å². The third kappa shape index (κ3) is 30.0. The molecule has 0 saturated carbocycles. The Balaban J connectivity index is 0.811. The number of amides is 8. The van der Waals surface area contributed by atoms with Gasteiger partial charge in [0.05, 0.1) is 115 Å². The highest BCUT2D eigenvalue weighted by Gasteiger charge is 2.52. The number of para-hydroxylation sites is 1. The highest BCUT2D eigenvalue weighted by molar-refractivity contribution is 5.97. The van der Waals surface area contributed by atoms with Crippen molar-refractivity contribution in [3.05, 3.63) is 62.9 Å². The van der Waals surface area contributed by atoms with E-state index in [2.05, 4.69) is 37.2 Å². The van der Waals surface area contributed by atoms with Gasteiger partial charge in [-0.2, -0.15) is 0 Å². The third-order valence-electron chi connectivity index (χ3n) is 18.9. The third-order valence-corrected chi connectivity index (χ3v) is 18.9. The number of carbonyl (C=O) groups excluding carboxylic acids is 10. The van der Waals surface area contributed by atoms with Crippen molar-refractivity contribution in [2.45, 2.75) is 219 Å². The maximum absolute atomic E-state index is 14.4. The standard InChI is InChI=1S/C78H116N10O24/c1-8-52-53-21-14-15-22-57(53)85-69-54(52)49-88-61(69)47-56-55(72(88)99)50-110-75(102)78(56,9-2)111-74(101)68(51(3)4)86-71(98)60-24-20-34-87(60)73(100)59(48-67(95)96)84-65(92)29-36-105-40-44-108-45-41-106-37-32-80-63(90)26-19-25-62(89)79-30-18-16-23-58(70(97)81-31-17-12-10-11-13-27-66(93)94)83-64(91)28-35-104-39-43-109-46-42-107-38-33-82-76(103)112-77(5,6)7/h14-15,21-22,47,51,58-60,68H,8-13,16-20,23-46,48-50H2,1-7H3,(H,79,89)(H,80,90)(H,81,97)(H,82,103)(H,83,91)(H,84,92)(H,86,98)(H,93,94)(H,95,96)/t58-,59-,60-,68-,78-/m0/s1. The van der Waals surface area contributed by atoms with Gasteiger partial charge in [0.2, 0.25) is 47.0 Å². The summed E-state index contributed by atoms with van der Waals surface area (Å²) in [6, 6.07) is 4.43. The van der Waals surface area contributed by atoms with Crippen molar-refractivity contribution >= 4 is 82.2 Å². The Labute approximate surface area is 652 Å². The number of nitrogens with zero attached hydrogens (tertiary/aromatic N) is 3. The summed E-state index contributed by atoms with van der Waals surface area (Å²) >= 11 is 0. The zero-order valence-electron chi connectivity index (χ0n) is 65.9. The van der Waals surface area contributed by atoms with Crippen LogP contribution in [-0.4, -0.2) is 238 Å². The second-order valence-corrected chi connectivity index (χ2v) is 28.9. The molecule has 112 heavy (non-hydrogen) atoms. The molecular weight excluding hydrogens is 1460 g/mol. The number of nitrogens with one attached hydrogen (secondary N) is 7. The Hall–Kier alpha value is -9.22. The molecule has 1 aromatic carbocycles. The van der Waals surface area contributed by atoms with Crippen LogP contribution < -0.4 is 42.8 Å². The van der Waals surface area contributed by atoms with Crippen LogP contribution in [0.3, 0.4) is 0 Å². The maximum atomic E-state index is 14.4. The van der Waals surface area contributed by atoms with E-state index in [9.17, 15) is 67.4 Å². The molecule has 2 aromatic heterocycles. The quantitative estimate of drug-likeness (QED) is 0.0169. The van der Waals surface area contributed by atoms with E-state index in [0.717, 1.165) is 41.3 Å². The predicted octanol–water partition coefficient (Wildman–Crippen LogP) is 4.29. The molecule has 34 nitrogen and oxygen atoms in total. The molecule has 9 N–H and O–H groups in total. The minimum atomic E-state index is -2.08. The predicted molar refractivity (Wildman–Crippen MR) is 406 cm³/mol. The first-order chi connectivity index (χ1) is 53.7. The Morgan fingerprint density at radius 3 is 1.80 bits per heavy atom. The van der Waals surface area contributed by atoms with Gasteiger partial charge in [0, 0.05) is 81.3 Å². The summed E-state index contributed by atoms with van der Waals surface area (Å²) in [6.45, 7) is 15.6. The largest absolute Gasteiger partial charge is 0.481 e. The molecule has 3 aliphatic heterocycles. The number of carbonyl (C=O) groups is 12. The molecule has 6 rings (SSSR count). The van der Waals surface area contributed by atoms with Gasteiger partial charge >= 0.3 is 30.0 Å². The Kier molecular flexibility index (Phi) is 39.3. The molecule has 0 spiro atoms. The van der Waals surface area contributed by atoms with Crippen LogP contribution in [0, 0.1) is 5.92 Å². The number of alkyl carbamates (subject to hydrolysis) is 1. The van der Waals surface area contributed by atoms with E-state index in [0.29, 0.717) is 89.1 Å². The van der Waals surface area contributed by atoms with Crippen molar-refractivity contribution in [1.29, 1.82) is 0 Å². The average molecular weight is 1580 g/mol. The first kappa shape index (κ1) is 91.7. The molecular formula is C78H116N10O24. The van der Waals surface area contributed by atoms with E-state index >= 15 is 0 Å². The Bertz CT molecular complexity index is 3710. The summed E-state index contributed by atoms with van der Waals surface area (Å²) in [6.07, 6.45) is 5.17. The van der Waals surface area contributed by atoms with Gasteiger partial charge in [-0.1, -0.05) is 65.2 Å². The molecule has 0 bridgehead atoms. The highest BCUT2D eigenvalue weighted by Crippen LogP contribution is 2.42. The zero-order valence-corrected chi connectivity index (χ0v) is 65.9. The van der Waals surface area contributed by atoms with Crippen molar-refractivity contribution in [1.82, 2.24) is 51.7 Å². The van der Waals surface area contributed by atoms with Crippen LogP contribution in [0.4, 0.5) is 4.79 Å². The number of unbranched alkanes of at least 4 members (excludes halogenated alkanes) is 5. The van der Waals surface area contributed by atoms with Crippen LogP contribution >= 0.6 is 0 Å². The molecule has 0 aliphatic carbocycles. The molecule has 5 heterocycles. The number of carboxylic acid groups (broad SMARTS) is 2. The van der Waals surface area contributed by atoms with Crippen LogP contribution in [0.5, 0.6) is 0 Å². The Morgan fingerprint density at radius 2 is 1.20 bits per heavy atom. The van der Waals surface area contributed by atoms with Crippen molar-refractivity contribution < 1.29 is 110 Å². The summed E-state index contributed by atoms with van der Waals surface area (Å²) in [4.78, 5) is 176. The number of fused-ring (bicyclic) bond motifs is 5. The molecule has 3 aromatic rings. The highest BCUT2D eigenvalue weighted by atomic mass is 16.6. The van der Waals surface area contributed by atoms with Crippen molar-refractivity contribution in [3.63, 3.8) is 0 Å². The number of hydrogen-bond acceptors (Lipinski definition) is 23. The first-order valence-corrected chi connectivity index (χ1v) is 39.1. The summed E-state index contributed by atoms with van der Waals surface area (Å²) < 4.78 is 51.6. The summed E-state index contributed by atoms with van der Waals surface area (Å²) in [5.74, 6) is -8.20. The van der Waals surface area contributed by atoms with Gasteiger partial charge in [-0.25, -0.2) is 19.4 Å². The smallest absolute Gasteiger partial charge is 0.407 e. The zero-order chi connectivity index (χ0) is 81.6. The second-order valence-electron chi connectivity index (χ2n) is 28.9. The molecule has 622 valence electrons. The van der Waals surface area contributed by atoms with Gasteiger partial charge in [-0.05, 0) is 109 Å². The number of likely N-dealkylation sites (tertiary alicyclic amines) is 1. The fraction of sp³-hybridized carbons (Fsp3) is 0.667. The number of hydrogen-bond donors (Lipinski definition) is 9. The molecule has 1 fully saturated rings. The number of aliphatic carboxylic acids is 2. The van der Waals surface area contributed by atoms with E-state index in [1.54, 1.807) is 52.2 Å². The van der Waals surface area contributed by atoms with Gasteiger partial charge in [0.1, 0.15) is 36.4 Å². The number of ether oxygens (including phenoxy) is 9. The number of carboxylic acids is 2. The number of pyridine rings is 2. The monoisotopic (exact) mass is 1580 g/mol. The normalized spacial score (nSPS) is 15.7. The maximum Gasteiger partial charge on any atom is 0.407 e. The topological polar surface area (TPSA) is 451 Å². The molecule has 5 atom stereocenters. The SMILES string of the molecule is CCc1c2c(nc3ccccc13)-c1cc3c(c(=O)n1C2)COC(=O)[C@@]3(CC)OC(=O)[C@@H](NC(=O)[C@@H]1CCCN1C(=O)[C@H](CC(=O)O)NC(=O)CCOCCOCCOCCNC(=O)CCCC(=O)NCCCC[C@H](NC(=O)CCOCCOCCOCCNC(=O)OC(C)(C)C)C(=O)NCCCCCCCC(=O)O)C(C)C. The molecule has 8 amide bonds. The van der Waals surface area contributed by atoms with Crippen LogP contribution in [0.1, 0.15) is 186 Å². The van der Waals surface area contributed by atoms with Crippen molar-refractivity contribution in [2.24, 2.45) is 5.92 Å². The lowest BCUT2D eigenvalue weighted by Gasteiger charge is -2.37. The lowest BCUT2D eigenvalue weighted by molar-refractivity contribution is -0.191. The second kappa shape index (κ2) is 48.0. The first-order valence-electron chi connectivity index (χ1n) is 39.1. The lowest BCUT2D eigenvalue weighted by Crippen LogP contribution is -2.57. The fourth-order valence-electron chi connectivity index (χ4n) is 13.1. The number of esters is 2. The van der Waals surface area contributed by atoms with E-state index in [1.165, 1.54) is 4.90 Å². The van der Waals surface area contributed by atoms with E-state index in [-0.39, 0.29) is 179 Å². The lowest BCUT2D eigenvalue weighted by atomic mass is 9.85.